The molecule has 0 aliphatic heterocycles. The summed E-state index contributed by atoms with van der Waals surface area (Å²) in [4.78, 5) is 12.1. The minimum atomic E-state index is -0.258. The Morgan fingerprint density at radius 3 is 2.57 bits per heavy atom. The van der Waals surface area contributed by atoms with Crippen LogP contribution in [0.15, 0.2) is 67.0 Å². The van der Waals surface area contributed by atoms with E-state index in [9.17, 15) is 9.18 Å². The third kappa shape index (κ3) is 3.83. The van der Waals surface area contributed by atoms with E-state index in [0.717, 1.165) is 11.3 Å². The number of aromatic nitrogens is 2. The van der Waals surface area contributed by atoms with Gasteiger partial charge in [-0.15, -0.1) is 0 Å². The van der Waals surface area contributed by atoms with E-state index in [1.54, 1.807) is 29.2 Å². The van der Waals surface area contributed by atoms with E-state index in [1.807, 2.05) is 30.3 Å². The van der Waals surface area contributed by atoms with Gasteiger partial charge in [0, 0.05) is 12.7 Å². The summed E-state index contributed by atoms with van der Waals surface area (Å²) in [6.45, 7) is 0.487. The van der Waals surface area contributed by atoms with E-state index in [1.165, 1.54) is 12.1 Å². The van der Waals surface area contributed by atoms with Crippen LogP contribution in [0.1, 0.15) is 15.9 Å². The Balaban J connectivity index is 1.56. The fourth-order valence-corrected chi connectivity index (χ4v) is 2.24. The predicted molar refractivity (Wildman–Crippen MR) is 86.0 cm³/mol. The molecule has 0 aliphatic carbocycles. The Morgan fingerprint density at radius 1 is 1.09 bits per heavy atom. The number of hydrogen-bond donors (Lipinski definition) is 1. The average molecular weight is 309 g/mol. The van der Waals surface area contributed by atoms with E-state index >= 15 is 0 Å². The molecule has 4 nitrogen and oxygen atoms in total. The highest BCUT2D eigenvalue weighted by Crippen LogP contribution is 2.08. The van der Waals surface area contributed by atoms with Gasteiger partial charge in [-0.2, -0.15) is 5.10 Å². The maximum atomic E-state index is 12.8. The first-order valence-corrected chi connectivity index (χ1v) is 7.35. The summed E-state index contributed by atoms with van der Waals surface area (Å²) >= 11 is 0. The molecule has 0 unspecified atom stereocenters. The summed E-state index contributed by atoms with van der Waals surface area (Å²) in [5, 5.41) is 7.04. The molecule has 0 radical (unpaired) electrons. The summed E-state index contributed by atoms with van der Waals surface area (Å²) in [6.07, 6.45) is 3.89. The van der Waals surface area contributed by atoms with Gasteiger partial charge in [-0.05, 0) is 36.2 Å². The molecule has 1 amide bonds. The molecule has 0 bridgehead atoms. The summed E-state index contributed by atoms with van der Waals surface area (Å²) in [7, 11) is 0. The van der Waals surface area contributed by atoms with Crippen molar-refractivity contribution in [1.29, 1.82) is 0 Å². The first-order valence-electron chi connectivity index (χ1n) is 7.35. The molecule has 0 aliphatic rings. The molecule has 3 aromatic rings. The van der Waals surface area contributed by atoms with Crippen molar-refractivity contribution in [3.63, 3.8) is 0 Å². The zero-order valence-corrected chi connectivity index (χ0v) is 12.4. The summed E-state index contributed by atoms with van der Waals surface area (Å²) in [6, 6.07) is 15.9. The Hall–Kier alpha value is -2.95. The number of halogens is 1. The molecule has 0 saturated heterocycles. The summed E-state index contributed by atoms with van der Waals surface area (Å²) in [5.41, 5.74) is 2.39. The minimum Gasteiger partial charge on any atom is -0.352 e. The smallest absolute Gasteiger partial charge is 0.254 e. The number of carbonyl (C=O) groups is 1. The topological polar surface area (TPSA) is 46.9 Å². The number of benzene rings is 2. The third-order valence-electron chi connectivity index (χ3n) is 3.48. The number of hydrogen-bond acceptors (Lipinski definition) is 2. The van der Waals surface area contributed by atoms with Crippen molar-refractivity contribution in [3.05, 3.63) is 83.9 Å². The molecule has 116 valence electrons. The molecule has 1 heterocycles. The SMILES string of the molecule is O=C(NCCc1ccc(F)cc1)c1cnn(-c2ccccc2)c1. The van der Waals surface area contributed by atoms with Crippen molar-refractivity contribution in [2.24, 2.45) is 0 Å². The van der Waals surface area contributed by atoms with Crippen LogP contribution in [-0.4, -0.2) is 22.2 Å². The molecule has 0 spiro atoms. The molecule has 1 aromatic heterocycles. The van der Waals surface area contributed by atoms with Crippen molar-refractivity contribution in [3.8, 4) is 5.69 Å². The van der Waals surface area contributed by atoms with E-state index in [0.29, 0.717) is 18.5 Å². The number of carbonyl (C=O) groups excluding carboxylic acids is 1. The van der Waals surface area contributed by atoms with Crippen molar-refractivity contribution in [2.75, 3.05) is 6.54 Å². The lowest BCUT2D eigenvalue weighted by molar-refractivity contribution is 0.0954. The zero-order chi connectivity index (χ0) is 16.1. The van der Waals surface area contributed by atoms with E-state index in [4.69, 9.17) is 0 Å². The molecule has 23 heavy (non-hydrogen) atoms. The van der Waals surface area contributed by atoms with Crippen LogP contribution in [-0.2, 0) is 6.42 Å². The maximum Gasteiger partial charge on any atom is 0.254 e. The fourth-order valence-electron chi connectivity index (χ4n) is 2.24. The normalized spacial score (nSPS) is 10.5. The largest absolute Gasteiger partial charge is 0.352 e. The van der Waals surface area contributed by atoms with Crippen LogP contribution in [0.4, 0.5) is 4.39 Å². The first kappa shape index (κ1) is 15.0. The molecule has 0 fully saturated rings. The average Bonchev–Trinajstić information content (AvgIpc) is 3.07. The number of para-hydroxylation sites is 1. The van der Waals surface area contributed by atoms with Gasteiger partial charge in [-0.3, -0.25) is 4.79 Å². The number of nitrogens with zero attached hydrogens (tertiary/aromatic N) is 2. The number of nitrogens with one attached hydrogen (secondary N) is 1. The van der Waals surface area contributed by atoms with Gasteiger partial charge in [0.25, 0.3) is 5.91 Å². The second-order valence-electron chi connectivity index (χ2n) is 5.14. The first-order chi connectivity index (χ1) is 11.2. The molecule has 3 rings (SSSR count). The molecule has 1 N–H and O–H groups in total. The highest BCUT2D eigenvalue weighted by atomic mass is 19.1. The standard InChI is InChI=1S/C18H16FN3O/c19-16-8-6-14(7-9-16)10-11-20-18(23)15-12-21-22(13-15)17-4-2-1-3-5-17/h1-9,12-13H,10-11H2,(H,20,23). The molecular weight excluding hydrogens is 293 g/mol. The Bertz CT molecular complexity index is 782. The van der Waals surface area contributed by atoms with Crippen LogP contribution in [0, 0.1) is 5.82 Å². The van der Waals surface area contributed by atoms with Gasteiger partial charge in [0.15, 0.2) is 0 Å². The van der Waals surface area contributed by atoms with Crippen molar-refractivity contribution >= 4 is 5.91 Å². The van der Waals surface area contributed by atoms with Gasteiger partial charge in [0.05, 0.1) is 17.4 Å². The van der Waals surface area contributed by atoms with Crippen LogP contribution < -0.4 is 5.32 Å². The Morgan fingerprint density at radius 2 is 1.83 bits per heavy atom. The van der Waals surface area contributed by atoms with Gasteiger partial charge >= 0.3 is 0 Å². The lowest BCUT2D eigenvalue weighted by Gasteiger charge is -2.04. The van der Waals surface area contributed by atoms with E-state index < -0.39 is 0 Å². The lowest BCUT2D eigenvalue weighted by atomic mass is 10.1. The maximum absolute atomic E-state index is 12.8. The highest BCUT2D eigenvalue weighted by Gasteiger charge is 2.08. The number of rotatable bonds is 5. The fraction of sp³-hybridized carbons (Fsp3) is 0.111. The molecular formula is C18H16FN3O. The monoisotopic (exact) mass is 309 g/mol. The minimum absolute atomic E-state index is 0.172. The van der Waals surface area contributed by atoms with Gasteiger partial charge in [0.2, 0.25) is 0 Å². The van der Waals surface area contributed by atoms with Gasteiger partial charge in [-0.1, -0.05) is 30.3 Å². The van der Waals surface area contributed by atoms with Crippen LogP contribution in [0.3, 0.4) is 0 Å². The van der Waals surface area contributed by atoms with Crippen LogP contribution in [0.5, 0.6) is 0 Å². The third-order valence-corrected chi connectivity index (χ3v) is 3.48. The van der Waals surface area contributed by atoms with Crippen molar-refractivity contribution in [1.82, 2.24) is 15.1 Å². The van der Waals surface area contributed by atoms with Gasteiger partial charge in [0.1, 0.15) is 5.82 Å². The van der Waals surface area contributed by atoms with E-state index in [2.05, 4.69) is 10.4 Å². The summed E-state index contributed by atoms with van der Waals surface area (Å²) in [5.74, 6) is -0.430. The van der Waals surface area contributed by atoms with Crippen LogP contribution >= 0.6 is 0 Å². The number of amides is 1. The van der Waals surface area contributed by atoms with Gasteiger partial charge < -0.3 is 5.32 Å². The molecule has 0 atom stereocenters. The van der Waals surface area contributed by atoms with E-state index in [-0.39, 0.29) is 11.7 Å². The Labute approximate surface area is 133 Å². The summed E-state index contributed by atoms with van der Waals surface area (Å²) < 4.78 is 14.5. The zero-order valence-electron chi connectivity index (χ0n) is 12.4. The van der Waals surface area contributed by atoms with Crippen LogP contribution in [0.2, 0.25) is 0 Å². The predicted octanol–water partition coefficient (Wildman–Crippen LogP) is 2.98. The quantitative estimate of drug-likeness (QED) is 0.787. The molecule has 0 saturated carbocycles. The van der Waals surface area contributed by atoms with Crippen LogP contribution in [0.25, 0.3) is 5.69 Å². The van der Waals surface area contributed by atoms with Crippen molar-refractivity contribution < 1.29 is 9.18 Å². The van der Waals surface area contributed by atoms with Crippen molar-refractivity contribution in [2.45, 2.75) is 6.42 Å². The lowest BCUT2D eigenvalue weighted by Crippen LogP contribution is -2.25. The molecule has 5 heteroatoms. The second-order valence-corrected chi connectivity index (χ2v) is 5.14. The molecule has 2 aromatic carbocycles. The van der Waals surface area contributed by atoms with Gasteiger partial charge in [-0.25, -0.2) is 9.07 Å². The second kappa shape index (κ2) is 6.87. The highest BCUT2D eigenvalue weighted by molar-refractivity contribution is 5.93. The Kier molecular flexibility index (Phi) is 4.47.